The molecule has 2 N–H and O–H groups in total. The second kappa shape index (κ2) is 9.52. The van der Waals surface area contributed by atoms with Crippen molar-refractivity contribution in [3.8, 4) is 10.6 Å². The number of nitrogens with one attached hydrogen (secondary N) is 2. The number of amides is 2. The molecule has 0 unspecified atom stereocenters. The maximum Gasteiger partial charge on any atom is 0.281 e. The van der Waals surface area contributed by atoms with Crippen molar-refractivity contribution in [1.29, 1.82) is 0 Å². The van der Waals surface area contributed by atoms with Crippen LogP contribution >= 0.6 is 23.1 Å². The molecule has 0 saturated heterocycles. The van der Waals surface area contributed by atoms with Crippen molar-refractivity contribution in [2.24, 2.45) is 0 Å². The van der Waals surface area contributed by atoms with Gasteiger partial charge in [-0.15, -0.1) is 23.1 Å². The van der Waals surface area contributed by atoms with Gasteiger partial charge in [0, 0.05) is 11.3 Å². The molecular weight excluding hydrogens is 390 g/mol. The summed E-state index contributed by atoms with van der Waals surface area (Å²) < 4.78 is 0. The SMILES string of the molecule is Cc1ccc(CSCC(=O)NNC(=O)c2sc(-c3ccccc3)nc2C)cc1. The van der Waals surface area contributed by atoms with Crippen molar-refractivity contribution in [1.82, 2.24) is 15.8 Å². The van der Waals surface area contributed by atoms with Gasteiger partial charge < -0.3 is 0 Å². The van der Waals surface area contributed by atoms with Gasteiger partial charge >= 0.3 is 0 Å². The van der Waals surface area contributed by atoms with E-state index in [-0.39, 0.29) is 17.6 Å². The van der Waals surface area contributed by atoms with E-state index in [9.17, 15) is 9.59 Å². The Morgan fingerprint density at radius 3 is 2.43 bits per heavy atom. The summed E-state index contributed by atoms with van der Waals surface area (Å²) in [6.07, 6.45) is 0. The summed E-state index contributed by atoms with van der Waals surface area (Å²) in [6.45, 7) is 3.83. The molecule has 28 heavy (non-hydrogen) atoms. The Hall–Kier alpha value is -2.64. The zero-order valence-electron chi connectivity index (χ0n) is 15.7. The monoisotopic (exact) mass is 411 g/mol. The molecule has 0 atom stereocenters. The number of carbonyl (C=O) groups is 2. The van der Waals surface area contributed by atoms with Crippen LogP contribution in [0.15, 0.2) is 54.6 Å². The molecule has 3 aromatic rings. The average Bonchev–Trinajstić information content (AvgIpc) is 3.10. The smallest absolute Gasteiger partial charge is 0.272 e. The van der Waals surface area contributed by atoms with E-state index >= 15 is 0 Å². The fraction of sp³-hybridized carbons (Fsp3) is 0.190. The summed E-state index contributed by atoms with van der Waals surface area (Å²) >= 11 is 2.81. The summed E-state index contributed by atoms with van der Waals surface area (Å²) in [5.41, 5.74) is 8.94. The topological polar surface area (TPSA) is 71.1 Å². The number of thioether (sulfide) groups is 1. The molecule has 2 aromatic carbocycles. The summed E-state index contributed by atoms with van der Waals surface area (Å²) in [7, 11) is 0. The third-order valence-electron chi connectivity index (χ3n) is 3.96. The van der Waals surface area contributed by atoms with E-state index in [1.165, 1.54) is 34.2 Å². The van der Waals surface area contributed by atoms with Gasteiger partial charge in [-0.25, -0.2) is 4.98 Å². The minimum absolute atomic E-state index is 0.240. The molecule has 0 spiro atoms. The number of nitrogens with zero attached hydrogens (tertiary/aromatic N) is 1. The van der Waals surface area contributed by atoms with Crippen LogP contribution in [0.5, 0.6) is 0 Å². The lowest BCUT2D eigenvalue weighted by Crippen LogP contribution is -2.42. The molecule has 0 saturated carbocycles. The van der Waals surface area contributed by atoms with Crippen LogP contribution in [0.3, 0.4) is 0 Å². The van der Waals surface area contributed by atoms with Crippen LogP contribution in [0.25, 0.3) is 10.6 Å². The molecule has 0 aliphatic carbocycles. The van der Waals surface area contributed by atoms with Crippen LogP contribution in [0, 0.1) is 13.8 Å². The first-order chi connectivity index (χ1) is 13.5. The molecule has 144 valence electrons. The van der Waals surface area contributed by atoms with E-state index < -0.39 is 0 Å². The first kappa shape index (κ1) is 20.1. The number of carbonyl (C=O) groups excluding carboxylic acids is 2. The van der Waals surface area contributed by atoms with Gasteiger partial charge in [-0.2, -0.15) is 0 Å². The summed E-state index contributed by atoms with van der Waals surface area (Å²) in [5.74, 6) is 0.422. The number of aryl methyl sites for hydroxylation is 2. The molecule has 0 radical (unpaired) electrons. The predicted molar refractivity (Wildman–Crippen MR) is 115 cm³/mol. The lowest BCUT2D eigenvalue weighted by molar-refractivity contribution is -0.119. The maximum absolute atomic E-state index is 12.4. The van der Waals surface area contributed by atoms with Crippen molar-refractivity contribution in [2.75, 3.05) is 5.75 Å². The van der Waals surface area contributed by atoms with E-state index in [1.54, 1.807) is 6.92 Å². The van der Waals surface area contributed by atoms with E-state index in [0.29, 0.717) is 10.6 Å². The second-order valence-electron chi connectivity index (χ2n) is 6.28. The largest absolute Gasteiger partial charge is 0.281 e. The van der Waals surface area contributed by atoms with Crippen LogP contribution in [0.2, 0.25) is 0 Å². The summed E-state index contributed by atoms with van der Waals surface area (Å²) in [5, 5.41) is 0.781. The highest BCUT2D eigenvalue weighted by Crippen LogP contribution is 2.27. The highest BCUT2D eigenvalue weighted by molar-refractivity contribution is 7.99. The molecule has 3 rings (SSSR count). The number of rotatable bonds is 6. The molecule has 0 aliphatic heterocycles. The van der Waals surface area contributed by atoms with E-state index in [1.807, 2.05) is 37.3 Å². The van der Waals surface area contributed by atoms with Crippen molar-refractivity contribution in [3.63, 3.8) is 0 Å². The lowest BCUT2D eigenvalue weighted by atomic mass is 10.2. The number of hydrazine groups is 1. The quantitative estimate of drug-likeness (QED) is 0.599. The van der Waals surface area contributed by atoms with E-state index in [2.05, 4.69) is 40.1 Å². The van der Waals surface area contributed by atoms with Gasteiger partial charge in [0.15, 0.2) is 0 Å². The van der Waals surface area contributed by atoms with Crippen molar-refractivity contribution >= 4 is 34.9 Å². The third kappa shape index (κ3) is 5.43. The maximum atomic E-state index is 12.4. The van der Waals surface area contributed by atoms with Crippen molar-refractivity contribution in [3.05, 3.63) is 76.3 Å². The van der Waals surface area contributed by atoms with Crippen molar-refractivity contribution < 1.29 is 9.59 Å². The first-order valence-corrected chi connectivity index (χ1v) is 10.8. The van der Waals surface area contributed by atoms with Crippen LogP contribution in [-0.4, -0.2) is 22.6 Å². The summed E-state index contributed by atoms with van der Waals surface area (Å²) in [4.78, 5) is 29.3. The number of thiazole rings is 1. The zero-order valence-corrected chi connectivity index (χ0v) is 17.3. The highest BCUT2D eigenvalue weighted by Gasteiger charge is 2.16. The molecule has 1 heterocycles. The van der Waals surface area contributed by atoms with Gasteiger partial charge in [0.05, 0.1) is 11.4 Å². The first-order valence-electron chi connectivity index (χ1n) is 8.78. The van der Waals surface area contributed by atoms with Gasteiger partial charge in [0.1, 0.15) is 9.88 Å². The van der Waals surface area contributed by atoms with E-state index in [0.717, 1.165) is 16.3 Å². The van der Waals surface area contributed by atoms with Gasteiger partial charge in [-0.1, -0.05) is 60.2 Å². The molecule has 2 amide bonds. The second-order valence-corrected chi connectivity index (χ2v) is 8.26. The highest BCUT2D eigenvalue weighted by atomic mass is 32.2. The van der Waals surface area contributed by atoms with Crippen molar-refractivity contribution in [2.45, 2.75) is 19.6 Å². The Bertz CT molecular complexity index is 954. The fourth-order valence-electron chi connectivity index (χ4n) is 2.48. The number of hydrogen-bond acceptors (Lipinski definition) is 5. The van der Waals surface area contributed by atoms with Crippen LogP contribution in [-0.2, 0) is 10.5 Å². The molecular formula is C21H21N3O2S2. The Kier molecular flexibility index (Phi) is 6.84. The Morgan fingerprint density at radius 1 is 1.00 bits per heavy atom. The standard InChI is InChI=1S/C21H21N3O2S2/c1-14-8-10-16(11-9-14)12-27-13-18(25)23-24-20(26)19-15(2)22-21(28-19)17-6-4-3-5-7-17/h3-11H,12-13H2,1-2H3,(H,23,25)(H,24,26). The third-order valence-corrected chi connectivity index (χ3v) is 6.17. The van der Waals surface area contributed by atoms with Crippen LogP contribution in [0.4, 0.5) is 0 Å². The number of hydrogen-bond donors (Lipinski definition) is 2. The Morgan fingerprint density at radius 2 is 1.71 bits per heavy atom. The van der Waals surface area contributed by atoms with E-state index in [4.69, 9.17) is 0 Å². The molecule has 0 bridgehead atoms. The molecule has 0 fully saturated rings. The Balaban J connectivity index is 1.48. The lowest BCUT2D eigenvalue weighted by Gasteiger charge is -2.07. The van der Waals surface area contributed by atoms with Gasteiger partial charge in [-0.05, 0) is 19.4 Å². The van der Waals surface area contributed by atoms with Crippen LogP contribution in [0.1, 0.15) is 26.5 Å². The number of benzene rings is 2. The molecule has 5 nitrogen and oxygen atoms in total. The Labute approximate surface area is 172 Å². The molecule has 7 heteroatoms. The number of aromatic nitrogens is 1. The summed E-state index contributed by atoms with van der Waals surface area (Å²) in [6, 6.07) is 17.9. The zero-order chi connectivity index (χ0) is 19.9. The van der Waals surface area contributed by atoms with Crippen LogP contribution < -0.4 is 10.9 Å². The fourth-order valence-corrected chi connectivity index (χ4v) is 4.23. The van der Waals surface area contributed by atoms with Gasteiger partial charge in [0.2, 0.25) is 5.91 Å². The predicted octanol–water partition coefficient (Wildman–Crippen LogP) is 4.12. The minimum Gasteiger partial charge on any atom is -0.272 e. The van der Waals surface area contributed by atoms with Gasteiger partial charge in [-0.3, -0.25) is 20.4 Å². The minimum atomic E-state index is -0.353. The average molecular weight is 412 g/mol. The molecule has 0 aliphatic rings. The normalized spacial score (nSPS) is 10.5. The molecule has 1 aromatic heterocycles. The van der Waals surface area contributed by atoms with Gasteiger partial charge in [0.25, 0.3) is 5.91 Å².